The maximum absolute atomic E-state index is 10.9. The van der Waals surface area contributed by atoms with Gasteiger partial charge >= 0.3 is 0 Å². The predicted octanol–water partition coefficient (Wildman–Crippen LogP) is 2.91. The van der Waals surface area contributed by atoms with E-state index in [1.54, 1.807) is 13.2 Å². The molecule has 0 aliphatic heterocycles. The number of ether oxygens (including phenoxy) is 1. The molecule has 0 aromatic heterocycles. The second kappa shape index (κ2) is 5.61. The molecule has 0 aliphatic rings. The van der Waals surface area contributed by atoms with Crippen LogP contribution in [0.4, 0.5) is 5.69 Å². The zero-order valence-corrected chi connectivity index (χ0v) is 9.90. The Bertz CT molecular complexity index is 375. The standard InChI is InChI=1S/C12H17NO3/c1-9(2)11-5-4-10(6-7-16-3)12(8-11)13(14)15/h4-5,8-9H,6-7H2,1-3H3. The first-order valence-corrected chi connectivity index (χ1v) is 5.32. The molecular weight excluding hydrogens is 206 g/mol. The summed E-state index contributed by atoms with van der Waals surface area (Å²) in [6, 6.07) is 5.44. The van der Waals surface area contributed by atoms with Gasteiger partial charge in [0.05, 0.1) is 11.5 Å². The molecular formula is C12H17NO3. The first-order chi connectivity index (χ1) is 7.56. The molecule has 0 radical (unpaired) electrons. The summed E-state index contributed by atoms with van der Waals surface area (Å²) < 4.78 is 4.94. The molecule has 0 atom stereocenters. The molecule has 0 heterocycles. The van der Waals surface area contributed by atoms with E-state index in [1.807, 2.05) is 26.0 Å². The third-order valence-corrected chi connectivity index (χ3v) is 2.55. The van der Waals surface area contributed by atoms with Crippen molar-refractivity contribution >= 4 is 5.69 Å². The van der Waals surface area contributed by atoms with Crippen molar-refractivity contribution in [1.29, 1.82) is 0 Å². The van der Waals surface area contributed by atoms with Crippen LogP contribution in [0.5, 0.6) is 0 Å². The first kappa shape index (κ1) is 12.6. The lowest BCUT2D eigenvalue weighted by molar-refractivity contribution is -0.385. The highest BCUT2D eigenvalue weighted by atomic mass is 16.6. The van der Waals surface area contributed by atoms with E-state index >= 15 is 0 Å². The van der Waals surface area contributed by atoms with Crippen LogP contribution in [0.15, 0.2) is 18.2 Å². The third-order valence-electron chi connectivity index (χ3n) is 2.55. The maximum Gasteiger partial charge on any atom is 0.272 e. The minimum Gasteiger partial charge on any atom is -0.384 e. The van der Waals surface area contributed by atoms with E-state index in [-0.39, 0.29) is 10.6 Å². The summed E-state index contributed by atoms with van der Waals surface area (Å²) >= 11 is 0. The van der Waals surface area contributed by atoms with Crippen molar-refractivity contribution < 1.29 is 9.66 Å². The third kappa shape index (κ3) is 3.03. The quantitative estimate of drug-likeness (QED) is 0.569. The maximum atomic E-state index is 10.9. The fourth-order valence-corrected chi connectivity index (χ4v) is 1.53. The molecule has 4 heteroatoms. The normalized spacial score (nSPS) is 10.8. The molecule has 1 aromatic rings. The van der Waals surface area contributed by atoms with Gasteiger partial charge in [0, 0.05) is 25.2 Å². The molecule has 0 unspecified atom stereocenters. The van der Waals surface area contributed by atoms with Crippen LogP contribution in [-0.2, 0) is 11.2 Å². The van der Waals surface area contributed by atoms with Gasteiger partial charge in [-0.15, -0.1) is 0 Å². The van der Waals surface area contributed by atoms with Crippen LogP contribution < -0.4 is 0 Å². The lowest BCUT2D eigenvalue weighted by Crippen LogP contribution is -2.01. The van der Waals surface area contributed by atoms with Crippen molar-refractivity contribution in [2.75, 3.05) is 13.7 Å². The van der Waals surface area contributed by atoms with Gasteiger partial charge in [0.25, 0.3) is 5.69 Å². The number of rotatable bonds is 5. The highest BCUT2D eigenvalue weighted by Gasteiger charge is 2.15. The van der Waals surface area contributed by atoms with Crippen LogP contribution in [0.1, 0.15) is 30.9 Å². The molecule has 0 amide bonds. The summed E-state index contributed by atoms with van der Waals surface area (Å²) in [6.45, 7) is 4.55. The van der Waals surface area contributed by atoms with E-state index in [9.17, 15) is 10.1 Å². The van der Waals surface area contributed by atoms with Gasteiger partial charge in [-0.3, -0.25) is 10.1 Å². The van der Waals surface area contributed by atoms with Gasteiger partial charge in [0.15, 0.2) is 0 Å². The summed E-state index contributed by atoms with van der Waals surface area (Å²) in [7, 11) is 1.59. The molecule has 0 N–H and O–H groups in total. The fraction of sp³-hybridized carbons (Fsp3) is 0.500. The second-order valence-electron chi connectivity index (χ2n) is 4.04. The zero-order chi connectivity index (χ0) is 12.1. The van der Waals surface area contributed by atoms with E-state index in [0.717, 1.165) is 11.1 Å². The van der Waals surface area contributed by atoms with Crippen LogP contribution in [0, 0.1) is 10.1 Å². The molecule has 0 saturated heterocycles. The molecule has 1 rings (SSSR count). The lowest BCUT2D eigenvalue weighted by Gasteiger charge is -2.08. The van der Waals surface area contributed by atoms with Crippen LogP contribution in [0.3, 0.4) is 0 Å². The molecule has 0 aliphatic carbocycles. The SMILES string of the molecule is COCCc1ccc(C(C)C)cc1[N+](=O)[O-]. The number of nitrogens with zero attached hydrogens (tertiary/aromatic N) is 1. The molecule has 0 saturated carbocycles. The molecule has 0 spiro atoms. The Balaban J connectivity index is 3.04. The van der Waals surface area contributed by atoms with E-state index in [1.165, 1.54) is 0 Å². The average molecular weight is 223 g/mol. The lowest BCUT2D eigenvalue weighted by atomic mass is 9.99. The molecule has 16 heavy (non-hydrogen) atoms. The number of benzene rings is 1. The molecule has 0 fully saturated rings. The van der Waals surface area contributed by atoms with Gasteiger partial charge in [-0.1, -0.05) is 26.0 Å². The topological polar surface area (TPSA) is 52.4 Å². The van der Waals surface area contributed by atoms with E-state index < -0.39 is 0 Å². The van der Waals surface area contributed by atoms with E-state index in [2.05, 4.69) is 0 Å². The highest BCUT2D eigenvalue weighted by molar-refractivity contribution is 5.44. The van der Waals surface area contributed by atoms with Gasteiger partial charge in [-0.05, 0) is 11.5 Å². The Kier molecular flexibility index (Phi) is 4.43. The van der Waals surface area contributed by atoms with Crippen molar-refractivity contribution in [2.24, 2.45) is 0 Å². The summed E-state index contributed by atoms with van der Waals surface area (Å²) in [5.41, 5.74) is 1.92. The summed E-state index contributed by atoms with van der Waals surface area (Å²) in [5, 5.41) is 10.9. The van der Waals surface area contributed by atoms with Gasteiger partial charge in [-0.25, -0.2) is 0 Å². The van der Waals surface area contributed by atoms with Crippen molar-refractivity contribution in [3.63, 3.8) is 0 Å². The van der Waals surface area contributed by atoms with Gasteiger partial charge in [0.1, 0.15) is 0 Å². The number of hydrogen-bond donors (Lipinski definition) is 0. The smallest absolute Gasteiger partial charge is 0.272 e. The van der Waals surface area contributed by atoms with Gasteiger partial charge < -0.3 is 4.74 Å². The van der Waals surface area contributed by atoms with Crippen molar-refractivity contribution in [1.82, 2.24) is 0 Å². The molecule has 1 aromatic carbocycles. The minimum absolute atomic E-state index is 0.197. The van der Waals surface area contributed by atoms with Crippen LogP contribution in [0.25, 0.3) is 0 Å². The Morgan fingerprint density at radius 2 is 2.12 bits per heavy atom. The van der Waals surface area contributed by atoms with Crippen LogP contribution in [-0.4, -0.2) is 18.6 Å². The van der Waals surface area contributed by atoms with Crippen LogP contribution in [0.2, 0.25) is 0 Å². The number of hydrogen-bond acceptors (Lipinski definition) is 3. The van der Waals surface area contributed by atoms with Gasteiger partial charge in [0.2, 0.25) is 0 Å². The second-order valence-corrected chi connectivity index (χ2v) is 4.04. The monoisotopic (exact) mass is 223 g/mol. The first-order valence-electron chi connectivity index (χ1n) is 5.32. The molecule has 0 bridgehead atoms. The largest absolute Gasteiger partial charge is 0.384 e. The number of nitro groups is 1. The van der Waals surface area contributed by atoms with Crippen LogP contribution >= 0.6 is 0 Å². The van der Waals surface area contributed by atoms with Crippen molar-refractivity contribution in [3.8, 4) is 0 Å². The highest BCUT2D eigenvalue weighted by Crippen LogP contribution is 2.25. The Morgan fingerprint density at radius 1 is 1.44 bits per heavy atom. The van der Waals surface area contributed by atoms with E-state index in [4.69, 9.17) is 4.74 Å². The van der Waals surface area contributed by atoms with Gasteiger partial charge in [-0.2, -0.15) is 0 Å². The minimum atomic E-state index is -0.323. The summed E-state index contributed by atoms with van der Waals surface area (Å²) in [5.74, 6) is 0.301. The zero-order valence-electron chi connectivity index (χ0n) is 9.90. The number of nitro benzene ring substituents is 1. The predicted molar refractivity (Wildman–Crippen MR) is 62.8 cm³/mol. The summed E-state index contributed by atoms with van der Waals surface area (Å²) in [4.78, 5) is 10.6. The van der Waals surface area contributed by atoms with Crippen molar-refractivity contribution in [3.05, 3.63) is 39.4 Å². The Morgan fingerprint density at radius 3 is 2.62 bits per heavy atom. The molecule has 88 valence electrons. The van der Waals surface area contributed by atoms with E-state index in [0.29, 0.717) is 18.9 Å². The van der Waals surface area contributed by atoms with Crippen molar-refractivity contribution in [2.45, 2.75) is 26.2 Å². The average Bonchev–Trinajstić information content (AvgIpc) is 2.25. The molecule has 4 nitrogen and oxygen atoms in total. The summed E-state index contributed by atoms with van der Waals surface area (Å²) in [6.07, 6.45) is 0.575. The Hall–Kier alpha value is -1.42. The fourth-order valence-electron chi connectivity index (χ4n) is 1.53. The Labute approximate surface area is 95.4 Å². The number of methoxy groups -OCH3 is 1.